The van der Waals surface area contributed by atoms with Gasteiger partial charge in [-0.05, 0) is 59.7 Å². The molecule has 0 bridgehead atoms. The van der Waals surface area contributed by atoms with Gasteiger partial charge in [-0.3, -0.25) is 0 Å². The third-order valence-corrected chi connectivity index (χ3v) is 5.63. The van der Waals surface area contributed by atoms with Gasteiger partial charge in [-0.15, -0.1) is 0 Å². The van der Waals surface area contributed by atoms with Crippen molar-refractivity contribution in [2.75, 3.05) is 11.5 Å². The molecule has 0 saturated carbocycles. The molecule has 0 amide bonds. The Morgan fingerprint density at radius 2 is 0.773 bits per heavy atom. The van der Waals surface area contributed by atoms with Crippen molar-refractivity contribution in [3.63, 3.8) is 0 Å². The number of nitrogen functional groups attached to an aromatic ring is 2. The summed E-state index contributed by atoms with van der Waals surface area (Å²) in [5.74, 6) is 0. The fraction of sp³-hybridized carbons (Fsp3) is 0. The molecule has 3 aromatic carbocycles. The van der Waals surface area contributed by atoms with E-state index in [1.165, 1.54) is 20.9 Å². The van der Waals surface area contributed by atoms with Gasteiger partial charge in [0.25, 0.3) is 0 Å². The molecule has 22 heavy (non-hydrogen) atoms. The van der Waals surface area contributed by atoms with E-state index in [2.05, 4.69) is 24.3 Å². The van der Waals surface area contributed by atoms with Crippen LogP contribution in [0.15, 0.2) is 82.6 Å². The largest absolute Gasteiger partial charge is 0.399 e. The van der Waals surface area contributed by atoms with Crippen molar-refractivity contribution < 1.29 is 0 Å². The number of nitrogens with two attached hydrogens (primary N) is 2. The fourth-order valence-corrected chi connectivity index (χ4v) is 3.93. The van der Waals surface area contributed by atoms with Crippen molar-refractivity contribution in [3.05, 3.63) is 72.8 Å². The van der Waals surface area contributed by atoms with Crippen LogP contribution in [-0.2, 0) is 0 Å². The van der Waals surface area contributed by atoms with E-state index in [0.717, 1.165) is 11.4 Å². The first kappa shape index (κ1) is 14.9. The molecule has 0 aromatic heterocycles. The SMILES string of the molecule is Nc1ccc(SSc2ccc(-c3ccc(N)cc3)cc2)cc1. The van der Waals surface area contributed by atoms with Crippen LogP contribution in [0.2, 0.25) is 0 Å². The van der Waals surface area contributed by atoms with E-state index in [0.29, 0.717) is 0 Å². The van der Waals surface area contributed by atoms with Gasteiger partial charge in [-0.2, -0.15) is 0 Å². The average Bonchev–Trinajstić information content (AvgIpc) is 2.56. The first-order valence-corrected chi connectivity index (χ1v) is 9.02. The third kappa shape index (κ3) is 3.78. The Morgan fingerprint density at radius 3 is 1.23 bits per heavy atom. The Labute approximate surface area is 138 Å². The van der Waals surface area contributed by atoms with Crippen LogP contribution < -0.4 is 11.5 Å². The molecule has 0 aliphatic carbocycles. The van der Waals surface area contributed by atoms with Crippen LogP contribution >= 0.6 is 21.6 Å². The Balaban J connectivity index is 1.66. The normalized spacial score (nSPS) is 10.5. The summed E-state index contributed by atoms with van der Waals surface area (Å²) in [6.07, 6.45) is 0. The van der Waals surface area contributed by atoms with Gasteiger partial charge in [0.2, 0.25) is 0 Å². The molecule has 4 heteroatoms. The smallest absolute Gasteiger partial charge is 0.0314 e. The van der Waals surface area contributed by atoms with Gasteiger partial charge in [0.1, 0.15) is 0 Å². The number of benzene rings is 3. The van der Waals surface area contributed by atoms with Crippen LogP contribution in [0.25, 0.3) is 11.1 Å². The van der Waals surface area contributed by atoms with Gasteiger partial charge in [-0.1, -0.05) is 45.9 Å². The summed E-state index contributed by atoms with van der Waals surface area (Å²) in [7, 11) is 3.47. The lowest BCUT2D eigenvalue weighted by molar-refractivity contribution is 1.46. The molecule has 4 N–H and O–H groups in total. The van der Waals surface area contributed by atoms with Gasteiger partial charge in [0, 0.05) is 21.2 Å². The highest BCUT2D eigenvalue weighted by molar-refractivity contribution is 8.76. The monoisotopic (exact) mass is 324 g/mol. The molecule has 3 rings (SSSR count). The fourth-order valence-electron chi connectivity index (χ4n) is 2.00. The van der Waals surface area contributed by atoms with E-state index < -0.39 is 0 Å². The van der Waals surface area contributed by atoms with Crippen LogP contribution in [0.3, 0.4) is 0 Å². The van der Waals surface area contributed by atoms with Crippen LogP contribution in [-0.4, -0.2) is 0 Å². The first-order valence-electron chi connectivity index (χ1n) is 6.87. The first-order chi connectivity index (χ1) is 10.7. The van der Waals surface area contributed by atoms with E-state index in [-0.39, 0.29) is 0 Å². The molecule has 0 saturated heterocycles. The Kier molecular flexibility index (Phi) is 4.61. The summed E-state index contributed by atoms with van der Waals surface area (Å²) in [5.41, 5.74) is 15.4. The molecule has 0 spiro atoms. The van der Waals surface area contributed by atoms with E-state index in [1.807, 2.05) is 48.5 Å². The molecular weight excluding hydrogens is 308 g/mol. The van der Waals surface area contributed by atoms with Gasteiger partial charge in [0.05, 0.1) is 0 Å². The van der Waals surface area contributed by atoms with Crippen molar-refractivity contribution in [1.82, 2.24) is 0 Å². The molecular formula is C18H16N2S2. The highest BCUT2D eigenvalue weighted by atomic mass is 33.1. The summed E-state index contributed by atoms with van der Waals surface area (Å²) < 4.78 is 0. The molecule has 0 aliphatic heterocycles. The second-order valence-electron chi connectivity index (χ2n) is 4.88. The highest BCUT2D eigenvalue weighted by Gasteiger charge is 2.00. The molecule has 0 atom stereocenters. The Morgan fingerprint density at radius 1 is 0.455 bits per heavy atom. The maximum Gasteiger partial charge on any atom is 0.0314 e. The summed E-state index contributed by atoms with van der Waals surface area (Å²) >= 11 is 0. The quantitative estimate of drug-likeness (QED) is 0.504. The lowest BCUT2D eigenvalue weighted by Gasteiger charge is -2.05. The van der Waals surface area contributed by atoms with Crippen LogP contribution in [0.1, 0.15) is 0 Å². The third-order valence-electron chi connectivity index (χ3n) is 3.21. The zero-order chi connectivity index (χ0) is 15.4. The Bertz CT molecular complexity index is 736. The van der Waals surface area contributed by atoms with Crippen molar-refractivity contribution in [2.24, 2.45) is 0 Å². The maximum atomic E-state index is 5.72. The van der Waals surface area contributed by atoms with E-state index >= 15 is 0 Å². The number of rotatable bonds is 4. The zero-order valence-corrected chi connectivity index (χ0v) is 13.5. The molecule has 0 aliphatic rings. The minimum atomic E-state index is 0.788. The van der Waals surface area contributed by atoms with Crippen molar-refractivity contribution in [2.45, 2.75) is 9.79 Å². The van der Waals surface area contributed by atoms with Gasteiger partial charge in [-0.25, -0.2) is 0 Å². The van der Waals surface area contributed by atoms with Crippen molar-refractivity contribution >= 4 is 33.0 Å². The summed E-state index contributed by atoms with van der Waals surface area (Å²) in [6, 6.07) is 24.4. The predicted molar refractivity (Wildman–Crippen MR) is 98.9 cm³/mol. The number of hydrogen-bond donors (Lipinski definition) is 2. The second kappa shape index (κ2) is 6.81. The molecule has 110 valence electrons. The van der Waals surface area contributed by atoms with E-state index in [9.17, 15) is 0 Å². The van der Waals surface area contributed by atoms with E-state index in [1.54, 1.807) is 21.6 Å². The predicted octanol–water partition coefficient (Wildman–Crippen LogP) is 5.32. The Hall–Kier alpha value is -2.04. The maximum absolute atomic E-state index is 5.72. The van der Waals surface area contributed by atoms with Gasteiger partial charge < -0.3 is 11.5 Å². The van der Waals surface area contributed by atoms with Gasteiger partial charge in [0.15, 0.2) is 0 Å². The minimum Gasteiger partial charge on any atom is -0.399 e. The van der Waals surface area contributed by atoms with Crippen LogP contribution in [0.5, 0.6) is 0 Å². The molecule has 0 unspecified atom stereocenters. The van der Waals surface area contributed by atoms with Gasteiger partial charge >= 0.3 is 0 Å². The lowest BCUT2D eigenvalue weighted by Crippen LogP contribution is -1.83. The summed E-state index contributed by atoms with van der Waals surface area (Å²) in [4.78, 5) is 2.42. The van der Waals surface area contributed by atoms with Crippen LogP contribution in [0, 0.1) is 0 Å². The minimum absolute atomic E-state index is 0.788. The zero-order valence-electron chi connectivity index (χ0n) is 11.9. The molecule has 0 radical (unpaired) electrons. The topological polar surface area (TPSA) is 52.0 Å². The van der Waals surface area contributed by atoms with Crippen LogP contribution in [0.4, 0.5) is 11.4 Å². The number of hydrogen-bond acceptors (Lipinski definition) is 4. The molecule has 0 heterocycles. The van der Waals surface area contributed by atoms with E-state index in [4.69, 9.17) is 11.5 Å². The summed E-state index contributed by atoms with van der Waals surface area (Å²) in [6.45, 7) is 0. The van der Waals surface area contributed by atoms with Crippen molar-refractivity contribution in [1.29, 1.82) is 0 Å². The molecule has 3 aromatic rings. The molecule has 0 fully saturated rings. The van der Waals surface area contributed by atoms with Crippen molar-refractivity contribution in [3.8, 4) is 11.1 Å². The average molecular weight is 324 g/mol. The second-order valence-corrected chi connectivity index (χ2v) is 7.16. The molecule has 2 nitrogen and oxygen atoms in total. The standard InChI is InChI=1S/C18H16N2S2/c19-15-5-1-13(2-6-15)14-3-9-17(10-4-14)21-22-18-11-7-16(20)8-12-18/h1-12H,19-20H2. The highest BCUT2D eigenvalue weighted by Crippen LogP contribution is 2.38. The lowest BCUT2D eigenvalue weighted by atomic mass is 10.1. The summed E-state index contributed by atoms with van der Waals surface area (Å²) in [5, 5.41) is 0. The number of anilines is 2.